The average molecular weight is 318 g/mol. The minimum Gasteiger partial charge on any atom is -0.398 e. The fourth-order valence-electron chi connectivity index (χ4n) is 1.41. The Labute approximate surface area is 117 Å². The van der Waals surface area contributed by atoms with Gasteiger partial charge in [-0.25, -0.2) is 0 Å². The molecule has 1 rings (SSSR count). The highest BCUT2D eigenvalue weighted by atomic mass is 79.9. The summed E-state index contributed by atoms with van der Waals surface area (Å²) in [5.74, 6) is 0. The van der Waals surface area contributed by atoms with E-state index < -0.39 is 0 Å². The van der Waals surface area contributed by atoms with Crippen LogP contribution in [0.25, 0.3) is 0 Å². The van der Waals surface area contributed by atoms with Crippen molar-refractivity contribution in [1.82, 2.24) is 0 Å². The molecule has 1 aromatic carbocycles. The predicted molar refractivity (Wildman–Crippen MR) is 75.5 cm³/mol. The maximum atomic E-state index is 5.87. The molecule has 0 heterocycles. The molecule has 2 N–H and O–H groups in total. The lowest BCUT2D eigenvalue weighted by molar-refractivity contribution is 0.0483. The number of nitrogens with two attached hydrogens (primary N) is 1. The van der Waals surface area contributed by atoms with Crippen LogP contribution in [0.1, 0.15) is 12.0 Å². The minimum absolute atomic E-state index is 0.519. The zero-order valence-corrected chi connectivity index (χ0v) is 12.2. The molecule has 0 aliphatic rings. The number of ether oxygens (including phenoxy) is 3. The van der Waals surface area contributed by atoms with Crippen LogP contribution < -0.4 is 5.73 Å². The average Bonchev–Trinajstić information content (AvgIpc) is 2.35. The lowest BCUT2D eigenvalue weighted by Gasteiger charge is -2.09. The Morgan fingerprint density at radius 2 is 1.89 bits per heavy atom. The molecule has 18 heavy (non-hydrogen) atoms. The van der Waals surface area contributed by atoms with Crippen LogP contribution in [0, 0.1) is 0 Å². The second-order valence-electron chi connectivity index (χ2n) is 3.82. The van der Waals surface area contributed by atoms with Crippen molar-refractivity contribution in [3.8, 4) is 0 Å². The van der Waals surface area contributed by atoms with Gasteiger partial charge in [-0.3, -0.25) is 0 Å². The lowest BCUT2D eigenvalue weighted by atomic mass is 10.2. The zero-order chi connectivity index (χ0) is 13.2. The van der Waals surface area contributed by atoms with Crippen LogP contribution in [0.15, 0.2) is 22.7 Å². The van der Waals surface area contributed by atoms with E-state index in [0.29, 0.717) is 33.0 Å². The quantitative estimate of drug-likeness (QED) is 0.562. The summed E-state index contributed by atoms with van der Waals surface area (Å²) in [6.45, 7) is 3.13. The zero-order valence-electron chi connectivity index (χ0n) is 10.7. The predicted octanol–water partition coefficient (Wildman–Crippen LogP) is 2.60. The Morgan fingerprint density at radius 3 is 2.61 bits per heavy atom. The van der Waals surface area contributed by atoms with Crippen LogP contribution in [0.2, 0.25) is 0 Å². The molecule has 5 heteroatoms. The summed E-state index contributed by atoms with van der Waals surface area (Å²) in [4.78, 5) is 0. The Kier molecular flexibility index (Phi) is 8.00. The third kappa shape index (κ3) is 5.82. The van der Waals surface area contributed by atoms with Crippen LogP contribution in [0.3, 0.4) is 0 Å². The van der Waals surface area contributed by atoms with Crippen molar-refractivity contribution in [3.05, 3.63) is 28.2 Å². The molecule has 1 aromatic rings. The summed E-state index contributed by atoms with van der Waals surface area (Å²) in [5.41, 5.74) is 7.62. The summed E-state index contributed by atoms with van der Waals surface area (Å²) in [5, 5.41) is 0. The highest BCUT2D eigenvalue weighted by Gasteiger charge is 2.03. The highest BCUT2D eigenvalue weighted by molar-refractivity contribution is 9.10. The Balaban J connectivity index is 2.11. The van der Waals surface area contributed by atoms with Gasteiger partial charge in [-0.15, -0.1) is 0 Å². The van der Waals surface area contributed by atoms with E-state index in [0.717, 1.165) is 22.1 Å². The maximum Gasteiger partial charge on any atom is 0.0748 e. The Bertz CT molecular complexity index is 327. The molecule has 0 saturated heterocycles. The minimum atomic E-state index is 0.519. The van der Waals surface area contributed by atoms with Crippen LogP contribution in [-0.2, 0) is 20.8 Å². The van der Waals surface area contributed by atoms with Crippen molar-refractivity contribution in [2.24, 2.45) is 0 Å². The SMILES string of the molecule is COCCOCCCOCc1c(N)cccc1Br. The van der Waals surface area contributed by atoms with E-state index in [1.54, 1.807) is 7.11 Å². The van der Waals surface area contributed by atoms with Gasteiger partial charge in [0.1, 0.15) is 0 Å². The molecule has 0 atom stereocenters. The fraction of sp³-hybridized carbons (Fsp3) is 0.538. The number of halogens is 1. The second-order valence-corrected chi connectivity index (χ2v) is 4.67. The molecule has 0 spiro atoms. The van der Waals surface area contributed by atoms with Crippen molar-refractivity contribution in [3.63, 3.8) is 0 Å². The topological polar surface area (TPSA) is 53.7 Å². The standard InChI is InChI=1S/C13H20BrNO3/c1-16-8-9-17-6-3-7-18-10-11-12(14)4-2-5-13(11)15/h2,4-5H,3,6-10,15H2,1H3. The summed E-state index contributed by atoms with van der Waals surface area (Å²) in [6.07, 6.45) is 0.869. The molecule has 0 aromatic heterocycles. The molecule has 0 bridgehead atoms. The van der Waals surface area contributed by atoms with Crippen molar-refractivity contribution in [2.75, 3.05) is 39.3 Å². The number of hydrogen-bond acceptors (Lipinski definition) is 4. The molecule has 0 fully saturated rings. The van der Waals surface area contributed by atoms with Crippen LogP contribution in [0.4, 0.5) is 5.69 Å². The smallest absolute Gasteiger partial charge is 0.0748 e. The summed E-state index contributed by atoms with van der Waals surface area (Å²) < 4.78 is 16.8. The number of benzene rings is 1. The first kappa shape index (κ1) is 15.4. The van der Waals surface area contributed by atoms with Gasteiger partial charge in [-0.05, 0) is 18.6 Å². The summed E-state index contributed by atoms with van der Waals surface area (Å²) in [7, 11) is 1.66. The third-order valence-corrected chi connectivity index (χ3v) is 3.15. The fourth-order valence-corrected chi connectivity index (χ4v) is 1.91. The molecule has 4 nitrogen and oxygen atoms in total. The first-order chi connectivity index (χ1) is 8.75. The highest BCUT2D eigenvalue weighted by Crippen LogP contribution is 2.23. The van der Waals surface area contributed by atoms with Crippen LogP contribution in [-0.4, -0.2) is 33.5 Å². The molecule has 0 radical (unpaired) electrons. The van der Waals surface area contributed by atoms with Gasteiger partial charge < -0.3 is 19.9 Å². The van der Waals surface area contributed by atoms with Crippen molar-refractivity contribution in [1.29, 1.82) is 0 Å². The molecule has 0 saturated carbocycles. The number of hydrogen-bond donors (Lipinski definition) is 1. The lowest BCUT2D eigenvalue weighted by Crippen LogP contribution is -2.06. The van der Waals surface area contributed by atoms with Gasteiger partial charge in [-0.2, -0.15) is 0 Å². The molecular weight excluding hydrogens is 298 g/mol. The van der Waals surface area contributed by atoms with Gasteiger partial charge in [0.05, 0.1) is 19.8 Å². The van der Waals surface area contributed by atoms with E-state index in [1.165, 1.54) is 0 Å². The van der Waals surface area contributed by atoms with Gasteiger partial charge in [-0.1, -0.05) is 22.0 Å². The Morgan fingerprint density at radius 1 is 1.11 bits per heavy atom. The van der Waals surface area contributed by atoms with Gasteiger partial charge in [0.2, 0.25) is 0 Å². The van der Waals surface area contributed by atoms with E-state index in [4.69, 9.17) is 19.9 Å². The van der Waals surface area contributed by atoms with Gasteiger partial charge in [0, 0.05) is 36.0 Å². The van der Waals surface area contributed by atoms with E-state index in [2.05, 4.69) is 15.9 Å². The van der Waals surface area contributed by atoms with Crippen LogP contribution >= 0.6 is 15.9 Å². The van der Waals surface area contributed by atoms with E-state index in [9.17, 15) is 0 Å². The number of nitrogen functional groups attached to an aromatic ring is 1. The van der Waals surface area contributed by atoms with Crippen molar-refractivity contribution in [2.45, 2.75) is 13.0 Å². The van der Waals surface area contributed by atoms with Crippen molar-refractivity contribution >= 4 is 21.6 Å². The molecule has 0 aliphatic heterocycles. The van der Waals surface area contributed by atoms with E-state index in [1.807, 2.05) is 18.2 Å². The molecule has 0 aliphatic carbocycles. The molecule has 102 valence electrons. The monoisotopic (exact) mass is 317 g/mol. The number of anilines is 1. The Hall–Kier alpha value is -0.620. The summed E-state index contributed by atoms with van der Waals surface area (Å²) >= 11 is 3.46. The van der Waals surface area contributed by atoms with Crippen LogP contribution in [0.5, 0.6) is 0 Å². The number of methoxy groups -OCH3 is 1. The normalized spacial score (nSPS) is 10.8. The molecule has 0 amide bonds. The third-order valence-electron chi connectivity index (χ3n) is 2.41. The van der Waals surface area contributed by atoms with Gasteiger partial charge in [0.15, 0.2) is 0 Å². The van der Waals surface area contributed by atoms with E-state index >= 15 is 0 Å². The summed E-state index contributed by atoms with van der Waals surface area (Å²) in [6, 6.07) is 5.74. The maximum absolute atomic E-state index is 5.87. The largest absolute Gasteiger partial charge is 0.398 e. The number of rotatable bonds is 9. The van der Waals surface area contributed by atoms with Crippen molar-refractivity contribution < 1.29 is 14.2 Å². The molecule has 0 unspecified atom stereocenters. The van der Waals surface area contributed by atoms with Gasteiger partial charge in [0.25, 0.3) is 0 Å². The van der Waals surface area contributed by atoms with Gasteiger partial charge >= 0.3 is 0 Å². The molecular formula is C13H20BrNO3. The second kappa shape index (κ2) is 9.33. The first-order valence-corrected chi connectivity index (χ1v) is 6.72. The van der Waals surface area contributed by atoms with E-state index in [-0.39, 0.29) is 0 Å². The first-order valence-electron chi connectivity index (χ1n) is 5.93.